The van der Waals surface area contributed by atoms with Gasteiger partial charge in [-0.1, -0.05) is 135 Å². The summed E-state index contributed by atoms with van der Waals surface area (Å²) < 4.78 is 2.45. The maximum absolute atomic E-state index is 2.51. The molecule has 0 radical (unpaired) electrons. The number of hydrogen-bond acceptors (Lipinski definition) is 1. The number of para-hydroxylation sites is 2. The first-order valence-corrected chi connectivity index (χ1v) is 16.6. The summed E-state index contributed by atoms with van der Waals surface area (Å²) >= 11 is 0. The van der Waals surface area contributed by atoms with Crippen LogP contribution in [0.2, 0.25) is 0 Å². The number of nitrogens with zero attached hydrogens (tertiary/aromatic N) is 2. The summed E-state index contributed by atoms with van der Waals surface area (Å²) in [5.74, 6) is 0.393. The standard InChI is InChI=1S/C45H36N2/c1-45(2)39-18-10-12-20-42(39)47(36-27-23-34(24-28-36)32-15-7-4-8-16-32)44-29-38-37-17-9-11-19-41(37)46(43(38)30-40(44)45)35-25-21-33(22-26-35)31-13-5-3-6-14-31/h3-23,25-30,34H,24H2,1-2H3. The van der Waals surface area contributed by atoms with Gasteiger partial charge in [0, 0.05) is 33.5 Å². The second-order valence-corrected chi connectivity index (χ2v) is 13.4. The lowest BCUT2D eigenvalue weighted by Gasteiger charge is -2.43. The lowest BCUT2D eigenvalue weighted by Crippen LogP contribution is -2.32. The van der Waals surface area contributed by atoms with E-state index in [-0.39, 0.29) is 5.41 Å². The van der Waals surface area contributed by atoms with Crippen LogP contribution in [-0.2, 0) is 5.41 Å². The van der Waals surface area contributed by atoms with Crippen molar-refractivity contribution in [1.82, 2.24) is 4.57 Å². The maximum Gasteiger partial charge on any atom is 0.0545 e. The van der Waals surface area contributed by atoms with Crippen molar-refractivity contribution >= 4 is 33.2 Å². The second kappa shape index (κ2) is 10.7. The van der Waals surface area contributed by atoms with Gasteiger partial charge in [0.1, 0.15) is 0 Å². The SMILES string of the molecule is CC1(C)c2ccccc2N(C2=CCC(c3ccccc3)C=C2)c2cc3c4ccccc4n(-c4ccc(-c5ccccc5)cc4)c3cc21. The Labute approximate surface area is 276 Å². The Morgan fingerprint density at radius 1 is 0.574 bits per heavy atom. The molecule has 6 aromatic carbocycles. The zero-order valence-electron chi connectivity index (χ0n) is 26.8. The molecule has 1 aromatic heterocycles. The highest BCUT2D eigenvalue weighted by Gasteiger charge is 2.38. The fourth-order valence-corrected chi connectivity index (χ4v) is 7.87. The van der Waals surface area contributed by atoms with Crippen molar-refractivity contribution in [2.75, 3.05) is 4.90 Å². The predicted molar refractivity (Wildman–Crippen MR) is 198 cm³/mol. The molecule has 0 amide bonds. The summed E-state index contributed by atoms with van der Waals surface area (Å²) in [6, 6.07) is 53.2. The van der Waals surface area contributed by atoms with E-state index in [2.05, 4.69) is 187 Å². The zero-order valence-corrected chi connectivity index (χ0v) is 26.8. The molecule has 226 valence electrons. The van der Waals surface area contributed by atoms with Gasteiger partial charge in [0.15, 0.2) is 0 Å². The maximum atomic E-state index is 2.51. The van der Waals surface area contributed by atoms with Gasteiger partial charge in [-0.3, -0.25) is 0 Å². The van der Waals surface area contributed by atoms with Crippen molar-refractivity contribution in [2.45, 2.75) is 31.6 Å². The Morgan fingerprint density at radius 3 is 2.02 bits per heavy atom. The van der Waals surface area contributed by atoms with Crippen LogP contribution < -0.4 is 4.90 Å². The van der Waals surface area contributed by atoms with E-state index in [9.17, 15) is 0 Å². The number of aromatic nitrogens is 1. The van der Waals surface area contributed by atoms with Gasteiger partial charge in [-0.25, -0.2) is 0 Å². The van der Waals surface area contributed by atoms with E-state index in [0.717, 1.165) is 6.42 Å². The van der Waals surface area contributed by atoms with E-state index in [0.29, 0.717) is 5.92 Å². The molecule has 0 N–H and O–H groups in total. The van der Waals surface area contributed by atoms with Crippen LogP contribution in [0.4, 0.5) is 11.4 Å². The third-order valence-corrected chi connectivity index (χ3v) is 10.3. The summed E-state index contributed by atoms with van der Waals surface area (Å²) in [6.45, 7) is 4.76. The molecule has 1 atom stereocenters. The molecule has 0 spiro atoms. The van der Waals surface area contributed by atoms with E-state index in [4.69, 9.17) is 0 Å². The second-order valence-electron chi connectivity index (χ2n) is 13.4. The fraction of sp³-hybridized carbons (Fsp3) is 0.111. The van der Waals surface area contributed by atoms with Crippen LogP contribution >= 0.6 is 0 Å². The van der Waals surface area contributed by atoms with Gasteiger partial charge in [0.25, 0.3) is 0 Å². The molecule has 2 heterocycles. The number of hydrogen-bond donors (Lipinski definition) is 0. The van der Waals surface area contributed by atoms with Crippen molar-refractivity contribution in [3.8, 4) is 16.8 Å². The minimum Gasteiger partial charge on any atom is -0.310 e. The molecular formula is C45H36N2. The van der Waals surface area contributed by atoms with Gasteiger partial charge >= 0.3 is 0 Å². The number of benzene rings is 6. The third-order valence-electron chi connectivity index (χ3n) is 10.3. The molecule has 0 bridgehead atoms. The number of allylic oxidation sites excluding steroid dienone is 3. The third kappa shape index (κ3) is 4.40. The average Bonchev–Trinajstić information content (AvgIpc) is 3.46. The molecule has 2 heteroatoms. The van der Waals surface area contributed by atoms with Crippen LogP contribution in [0.25, 0.3) is 38.6 Å². The van der Waals surface area contributed by atoms with Gasteiger partial charge in [-0.15, -0.1) is 0 Å². The van der Waals surface area contributed by atoms with Crippen LogP contribution in [0.15, 0.2) is 170 Å². The lowest BCUT2D eigenvalue weighted by molar-refractivity contribution is 0.630. The Morgan fingerprint density at radius 2 is 1.26 bits per heavy atom. The first kappa shape index (κ1) is 27.7. The minimum absolute atomic E-state index is 0.180. The highest BCUT2D eigenvalue weighted by Crippen LogP contribution is 2.53. The van der Waals surface area contributed by atoms with E-state index in [1.54, 1.807) is 0 Å². The number of anilines is 2. The summed E-state index contributed by atoms with van der Waals surface area (Å²) in [6.07, 6.45) is 8.13. The zero-order chi connectivity index (χ0) is 31.5. The van der Waals surface area contributed by atoms with E-state index < -0.39 is 0 Å². The topological polar surface area (TPSA) is 8.17 Å². The molecule has 2 nitrogen and oxygen atoms in total. The van der Waals surface area contributed by atoms with Gasteiger partial charge in [0.2, 0.25) is 0 Å². The predicted octanol–water partition coefficient (Wildman–Crippen LogP) is 11.9. The molecule has 1 unspecified atom stereocenters. The monoisotopic (exact) mass is 604 g/mol. The summed E-state index contributed by atoms with van der Waals surface area (Å²) in [5.41, 5.74) is 13.7. The van der Waals surface area contributed by atoms with Crippen molar-refractivity contribution in [3.63, 3.8) is 0 Å². The molecule has 1 aliphatic heterocycles. The normalized spacial score (nSPS) is 16.6. The molecular weight excluding hydrogens is 569 g/mol. The van der Waals surface area contributed by atoms with Crippen LogP contribution in [0, 0.1) is 0 Å². The summed E-state index contributed by atoms with van der Waals surface area (Å²) in [5, 5.41) is 2.54. The molecule has 0 saturated heterocycles. The van der Waals surface area contributed by atoms with Crippen LogP contribution in [0.3, 0.4) is 0 Å². The van der Waals surface area contributed by atoms with Crippen molar-refractivity contribution in [3.05, 3.63) is 186 Å². The number of fused-ring (bicyclic) bond motifs is 5. The van der Waals surface area contributed by atoms with Gasteiger partial charge in [-0.2, -0.15) is 0 Å². The highest BCUT2D eigenvalue weighted by atomic mass is 15.2. The van der Waals surface area contributed by atoms with E-state index in [1.807, 2.05) is 0 Å². The van der Waals surface area contributed by atoms with Gasteiger partial charge < -0.3 is 9.47 Å². The molecule has 7 aromatic rings. The molecule has 0 saturated carbocycles. The molecule has 0 fully saturated rings. The average molecular weight is 605 g/mol. The Kier molecular flexibility index (Phi) is 6.33. The van der Waals surface area contributed by atoms with Crippen LogP contribution in [-0.4, -0.2) is 4.57 Å². The van der Waals surface area contributed by atoms with Gasteiger partial charge in [0.05, 0.1) is 22.4 Å². The van der Waals surface area contributed by atoms with E-state index in [1.165, 1.54) is 72.4 Å². The van der Waals surface area contributed by atoms with Crippen LogP contribution in [0.1, 0.15) is 42.9 Å². The molecule has 47 heavy (non-hydrogen) atoms. The summed E-state index contributed by atoms with van der Waals surface area (Å²) in [4.78, 5) is 2.51. The first-order valence-electron chi connectivity index (χ1n) is 16.6. The van der Waals surface area contributed by atoms with E-state index >= 15 is 0 Å². The van der Waals surface area contributed by atoms with Crippen molar-refractivity contribution < 1.29 is 0 Å². The highest BCUT2D eigenvalue weighted by molar-refractivity contribution is 6.11. The molecule has 2 aliphatic rings. The smallest absolute Gasteiger partial charge is 0.0545 e. The molecule has 1 aliphatic carbocycles. The Hall–Kier alpha value is -5.60. The largest absolute Gasteiger partial charge is 0.310 e. The minimum atomic E-state index is -0.180. The summed E-state index contributed by atoms with van der Waals surface area (Å²) in [7, 11) is 0. The fourth-order valence-electron chi connectivity index (χ4n) is 7.87. The Balaban J connectivity index is 1.23. The number of rotatable bonds is 4. The van der Waals surface area contributed by atoms with Crippen molar-refractivity contribution in [1.29, 1.82) is 0 Å². The quantitative estimate of drug-likeness (QED) is 0.194. The molecule has 9 rings (SSSR count). The Bertz CT molecular complexity index is 2340. The first-order chi connectivity index (χ1) is 23.1. The van der Waals surface area contributed by atoms with Crippen molar-refractivity contribution in [2.24, 2.45) is 0 Å². The van der Waals surface area contributed by atoms with Crippen LogP contribution in [0.5, 0.6) is 0 Å². The lowest BCUT2D eigenvalue weighted by atomic mass is 9.73. The van der Waals surface area contributed by atoms with Gasteiger partial charge in [-0.05, 0) is 76.7 Å².